The highest BCUT2D eigenvalue weighted by Gasteiger charge is 2.16. The lowest BCUT2D eigenvalue weighted by Gasteiger charge is -2.27. The minimum absolute atomic E-state index is 0.889. The van der Waals surface area contributed by atoms with Crippen molar-refractivity contribution < 1.29 is 4.74 Å². The van der Waals surface area contributed by atoms with Crippen LogP contribution in [0.1, 0.15) is 17.5 Å². The van der Waals surface area contributed by atoms with Crippen LogP contribution in [0.2, 0.25) is 0 Å². The lowest BCUT2D eigenvalue weighted by Crippen LogP contribution is -2.18. The lowest BCUT2D eigenvalue weighted by atomic mass is 9.94. The third-order valence-corrected chi connectivity index (χ3v) is 3.87. The number of anilines is 1. The van der Waals surface area contributed by atoms with E-state index in [1.807, 2.05) is 12.1 Å². The Morgan fingerprint density at radius 2 is 1.75 bits per heavy atom. The third kappa shape index (κ3) is 2.29. The Hall–Kier alpha value is -2.22. The standard InChI is InChI=1S/C18H19NO/c1-19(15-10-12-16(20-2)13-11-15)18-9-5-7-14-6-3-4-8-17(14)18/h3-4,6,8-13H,5,7H2,1-2H3. The molecule has 102 valence electrons. The van der Waals surface area contributed by atoms with Gasteiger partial charge in [0, 0.05) is 24.0 Å². The number of rotatable bonds is 3. The Kier molecular flexibility index (Phi) is 3.46. The van der Waals surface area contributed by atoms with E-state index < -0.39 is 0 Å². The van der Waals surface area contributed by atoms with E-state index in [0.29, 0.717) is 0 Å². The number of aryl methyl sites for hydroxylation is 1. The molecule has 20 heavy (non-hydrogen) atoms. The molecule has 0 saturated carbocycles. The van der Waals surface area contributed by atoms with Crippen molar-refractivity contribution in [1.29, 1.82) is 0 Å². The minimum atomic E-state index is 0.889. The molecule has 0 bridgehead atoms. The zero-order chi connectivity index (χ0) is 13.9. The third-order valence-electron chi connectivity index (χ3n) is 3.87. The van der Waals surface area contributed by atoms with Gasteiger partial charge in [-0.15, -0.1) is 0 Å². The Balaban J connectivity index is 1.93. The van der Waals surface area contributed by atoms with E-state index in [1.165, 1.54) is 22.5 Å². The van der Waals surface area contributed by atoms with Gasteiger partial charge in [0.1, 0.15) is 5.75 Å². The van der Waals surface area contributed by atoms with Crippen molar-refractivity contribution in [3.63, 3.8) is 0 Å². The molecule has 0 amide bonds. The summed E-state index contributed by atoms with van der Waals surface area (Å²) < 4.78 is 5.22. The second kappa shape index (κ2) is 5.41. The number of hydrogen-bond donors (Lipinski definition) is 0. The number of allylic oxidation sites excluding steroid dienone is 1. The summed E-state index contributed by atoms with van der Waals surface area (Å²) in [5, 5.41) is 0. The maximum Gasteiger partial charge on any atom is 0.119 e. The predicted octanol–water partition coefficient (Wildman–Crippen LogP) is 4.12. The molecule has 0 radical (unpaired) electrons. The first-order chi connectivity index (χ1) is 9.79. The van der Waals surface area contributed by atoms with Gasteiger partial charge in [-0.25, -0.2) is 0 Å². The molecule has 1 aliphatic carbocycles. The first-order valence-electron chi connectivity index (χ1n) is 6.96. The minimum Gasteiger partial charge on any atom is -0.497 e. The van der Waals surface area contributed by atoms with Gasteiger partial charge in [-0.1, -0.05) is 30.3 Å². The molecule has 0 atom stereocenters. The highest BCUT2D eigenvalue weighted by atomic mass is 16.5. The first-order valence-corrected chi connectivity index (χ1v) is 6.96. The van der Waals surface area contributed by atoms with Crippen LogP contribution in [0.4, 0.5) is 5.69 Å². The normalized spacial score (nSPS) is 13.4. The molecule has 2 nitrogen and oxygen atoms in total. The monoisotopic (exact) mass is 265 g/mol. The molecule has 3 rings (SSSR count). The fraction of sp³-hybridized carbons (Fsp3) is 0.222. The Morgan fingerprint density at radius 3 is 2.50 bits per heavy atom. The van der Waals surface area contributed by atoms with E-state index >= 15 is 0 Å². The molecule has 0 unspecified atom stereocenters. The van der Waals surface area contributed by atoms with Crippen molar-refractivity contribution in [3.05, 3.63) is 65.7 Å². The Bertz CT molecular complexity index is 628. The van der Waals surface area contributed by atoms with Crippen LogP contribution < -0.4 is 9.64 Å². The van der Waals surface area contributed by atoms with Gasteiger partial charge in [-0.3, -0.25) is 0 Å². The Labute approximate surface area is 120 Å². The summed E-state index contributed by atoms with van der Waals surface area (Å²) in [7, 11) is 3.81. The van der Waals surface area contributed by atoms with Gasteiger partial charge in [0.15, 0.2) is 0 Å². The molecule has 0 aliphatic heterocycles. The van der Waals surface area contributed by atoms with Gasteiger partial charge >= 0.3 is 0 Å². The number of fused-ring (bicyclic) bond motifs is 1. The van der Waals surface area contributed by atoms with Crippen LogP contribution in [0.5, 0.6) is 5.75 Å². The summed E-state index contributed by atoms with van der Waals surface area (Å²) in [6.07, 6.45) is 4.57. The topological polar surface area (TPSA) is 12.5 Å². The van der Waals surface area contributed by atoms with Crippen LogP contribution in [0.25, 0.3) is 5.70 Å². The highest BCUT2D eigenvalue weighted by Crippen LogP contribution is 2.31. The molecule has 0 fully saturated rings. The second-order valence-electron chi connectivity index (χ2n) is 5.04. The van der Waals surface area contributed by atoms with E-state index in [1.54, 1.807) is 7.11 Å². The largest absolute Gasteiger partial charge is 0.497 e. The number of methoxy groups -OCH3 is 1. The number of ether oxygens (including phenoxy) is 1. The van der Waals surface area contributed by atoms with Crippen molar-refractivity contribution >= 4 is 11.4 Å². The summed E-state index contributed by atoms with van der Waals surface area (Å²) >= 11 is 0. The van der Waals surface area contributed by atoms with Crippen molar-refractivity contribution in [1.82, 2.24) is 0 Å². The summed E-state index contributed by atoms with van der Waals surface area (Å²) in [4.78, 5) is 2.25. The van der Waals surface area contributed by atoms with Gasteiger partial charge in [0.2, 0.25) is 0 Å². The average molecular weight is 265 g/mol. The van der Waals surface area contributed by atoms with Crippen LogP contribution in [-0.2, 0) is 6.42 Å². The SMILES string of the molecule is COc1ccc(N(C)C2=CCCc3ccccc32)cc1. The smallest absolute Gasteiger partial charge is 0.119 e. The van der Waals surface area contributed by atoms with Crippen LogP contribution in [-0.4, -0.2) is 14.2 Å². The van der Waals surface area contributed by atoms with Crippen LogP contribution >= 0.6 is 0 Å². The summed E-state index contributed by atoms with van der Waals surface area (Å²) in [6.45, 7) is 0. The van der Waals surface area contributed by atoms with Gasteiger partial charge in [-0.05, 0) is 42.7 Å². The van der Waals surface area contributed by atoms with Crippen LogP contribution in [0, 0.1) is 0 Å². The van der Waals surface area contributed by atoms with Crippen molar-refractivity contribution in [2.24, 2.45) is 0 Å². The van der Waals surface area contributed by atoms with Gasteiger partial charge in [0.25, 0.3) is 0 Å². The fourth-order valence-electron chi connectivity index (χ4n) is 2.73. The zero-order valence-electron chi connectivity index (χ0n) is 12.0. The van der Waals surface area contributed by atoms with Crippen LogP contribution in [0.15, 0.2) is 54.6 Å². The first kappa shape index (κ1) is 12.8. The molecule has 2 aromatic carbocycles. The van der Waals surface area contributed by atoms with E-state index in [4.69, 9.17) is 4.74 Å². The molecule has 0 heterocycles. The molecule has 0 N–H and O–H groups in total. The molecule has 2 heteroatoms. The molecular formula is C18H19NO. The van der Waals surface area contributed by atoms with Crippen molar-refractivity contribution in [2.75, 3.05) is 19.1 Å². The molecule has 2 aromatic rings. The van der Waals surface area contributed by atoms with Gasteiger partial charge < -0.3 is 9.64 Å². The summed E-state index contributed by atoms with van der Waals surface area (Å²) in [5.74, 6) is 0.889. The maximum absolute atomic E-state index is 5.22. The van der Waals surface area contributed by atoms with Gasteiger partial charge in [0.05, 0.1) is 7.11 Å². The molecule has 1 aliphatic rings. The summed E-state index contributed by atoms with van der Waals surface area (Å²) in [6, 6.07) is 16.9. The number of nitrogens with zero attached hydrogens (tertiary/aromatic N) is 1. The quantitative estimate of drug-likeness (QED) is 0.827. The second-order valence-corrected chi connectivity index (χ2v) is 5.04. The zero-order valence-corrected chi connectivity index (χ0v) is 12.0. The molecule has 0 saturated heterocycles. The van der Waals surface area contributed by atoms with Crippen molar-refractivity contribution in [3.8, 4) is 5.75 Å². The van der Waals surface area contributed by atoms with Crippen LogP contribution in [0.3, 0.4) is 0 Å². The lowest BCUT2D eigenvalue weighted by molar-refractivity contribution is 0.415. The molecular weight excluding hydrogens is 246 g/mol. The van der Waals surface area contributed by atoms with Crippen molar-refractivity contribution in [2.45, 2.75) is 12.8 Å². The highest BCUT2D eigenvalue weighted by molar-refractivity contribution is 5.81. The van der Waals surface area contributed by atoms with E-state index in [0.717, 1.165) is 18.6 Å². The number of benzene rings is 2. The van der Waals surface area contributed by atoms with Gasteiger partial charge in [-0.2, -0.15) is 0 Å². The predicted molar refractivity (Wildman–Crippen MR) is 84.1 cm³/mol. The molecule has 0 spiro atoms. The summed E-state index contributed by atoms with van der Waals surface area (Å²) in [5.41, 5.74) is 5.24. The average Bonchev–Trinajstić information content (AvgIpc) is 2.54. The number of hydrogen-bond acceptors (Lipinski definition) is 2. The maximum atomic E-state index is 5.22. The molecule has 0 aromatic heterocycles. The van der Waals surface area contributed by atoms with E-state index in [2.05, 4.69) is 54.4 Å². The van der Waals surface area contributed by atoms with E-state index in [-0.39, 0.29) is 0 Å². The van der Waals surface area contributed by atoms with E-state index in [9.17, 15) is 0 Å². The Morgan fingerprint density at radius 1 is 1.00 bits per heavy atom. The fourth-order valence-corrected chi connectivity index (χ4v) is 2.73.